The number of urea groups is 1. The minimum absolute atomic E-state index is 0.0538. The lowest BCUT2D eigenvalue weighted by molar-refractivity contribution is 0.208. The van der Waals surface area contributed by atoms with E-state index in [1.54, 1.807) is 4.90 Å². The van der Waals surface area contributed by atoms with Crippen LogP contribution in [0, 0.1) is 25.5 Å². The van der Waals surface area contributed by atoms with Gasteiger partial charge in [-0.05, 0) is 38.1 Å². The molecule has 0 unspecified atom stereocenters. The van der Waals surface area contributed by atoms with Gasteiger partial charge in [0.05, 0.1) is 28.1 Å². The number of fused-ring (bicyclic) bond motifs is 1. The third-order valence-corrected chi connectivity index (χ3v) is 6.02. The lowest BCUT2D eigenvalue weighted by atomic mass is 10.2. The third kappa shape index (κ3) is 3.91. The molecule has 2 amide bonds. The van der Waals surface area contributed by atoms with Crippen molar-refractivity contribution in [1.29, 1.82) is 0 Å². The van der Waals surface area contributed by atoms with Gasteiger partial charge in [-0.3, -0.25) is 0 Å². The second kappa shape index (κ2) is 8.69. The Hall–Kier alpha value is -4.08. The van der Waals surface area contributed by atoms with Crippen molar-refractivity contribution in [3.05, 3.63) is 71.6 Å². The van der Waals surface area contributed by atoms with E-state index in [9.17, 15) is 13.6 Å². The highest BCUT2D eigenvalue weighted by Crippen LogP contribution is 2.29. The van der Waals surface area contributed by atoms with Crippen molar-refractivity contribution in [2.75, 3.05) is 36.4 Å². The van der Waals surface area contributed by atoms with Gasteiger partial charge in [-0.1, -0.05) is 18.2 Å². The van der Waals surface area contributed by atoms with Crippen molar-refractivity contribution in [3.8, 4) is 5.69 Å². The van der Waals surface area contributed by atoms with E-state index in [1.165, 1.54) is 6.07 Å². The molecule has 0 spiro atoms. The zero-order valence-electron chi connectivity index (χ0n) is 18.8. The summed E-state index contributed by atoms with van der Waals surface area (Å²) in [4.78, 5) is 16.2. The summed E-state index contributed by atoms with van der Waals surface area (Å²) in [5.41, 5.74) is 3.45. The zero-order chi connectivity index (χ0) is 23.8. The minimum atomic E-state index is -0.811. The number of amides is 2. The number of aromatic nitrogens is 4. The van der Waals surface area contributed by atoms with E-state index in [1.807, 2.05) is 48.9 Å². The van der Waals surface area contributed by atoms with Crippen molar-refractivity contribution in [2.24, 2.45) is 0 Å². The maximum Gasteiger partial charge on any atom is 0.322 e. The average molecular weight is 463 g/mol. The van der Waals surface area contributed by atoms with Gasteiger partial charge in [-0.15, -0.1) is 5.10 Å². The molecule has 0 atom stereocenters. The fraction of sp³-hybridized carbons (Fsp3) is 0.250. The summed E-state index contributed by atoms with van der Waals surface area (Å²) < 4.78 is 28.9. The van der Waals surface area contributed by atoms with Gasteiger partial charge >= 0.3 is 6.03 Å². The molecule has 34 heavy (non-hydrogen) atoms. The van der Waals surface area contributed by atoms with Gasteiger partial charge in [0.25, 0.3) is 0 Å². The number of anilines is 2. The molecule has 2 aromatic heterocycles. The maximum absolute atomic E-state index is 13.9. The highest BCUT2D eigenvalue weighted by molar-refractivity contribution is 5.93. The molecular formula is C24H23F2N7O. The van der Waals surface area contributed by atoms with Crippen molar-refractivity contribution < 1.29 is 13.6 Å². The van der Waals surface area contributed by atoms with Crippen molar-refractivity contribution in [1.82, 2.24) is 24.9 Å². The quantitative estimate of drug-likeness (QED) is 0.496. The van der Waals surface area contributed by atoms with Crippen LogP contribution < -0.4 is 10.2 Å². The van der Waals surface area contributed by atoms with E-state index in [0.717, 1.165) is 40.1 Å². The molecule has 4 aromatic rings. The molecular weight excluding hydrogens is 440 g/mol. The average Bonchev–Trinajstić information content (AvgIpc) is 3.20. The number of hydrogen-bond acceptors (Lipinski definition) is 5. The van der Waals surface area contributed by atoms with E-state index in [-0.39, 0.29) is 5.69 Å². The second-order valence-corrected chi connectivity index (χ2v) is 8.19. The van der Waals surface area contributed by atoms with Gasteiger partial charge in [-0.2, -0.15) is 10.2 Å². The van der Waals surface area contributed by atoms with Crippen LogP contribution in [0.5, 0.6) is 0 Å². The number of piperazine rings is 1. The highest BCUT2D eigenvalue weighted by atomic mass is 19.1. The van der Waals surface area contributed by atoms with Crippen LogP contribution in [-0.2, 0) is 0 Å². The fourth-order valence-electron chi connectivity index (χ4n) is 4.25. The Morgan fingerprint density at radius 3 is 2.41 bits per heavy atom. The van der Waals surface area contributed by atoms with Crippen LogP contribution in [0.15, 0.2) is 48.5 Å². The monoisotopic (exact) mass is 463 g/mol. The molecule has 174 valence electrons. The van der Waals surface area contributed by atoms with Crippen molar-refractivity contribution >= 4 is 28.4 Å². The van der Waals surface area contributed by atoms with Gasteiger partial charge in [0, 0.05) is 32.2 Å². The summed E-state index contributed by atoms with van der Waals surface area (Å²) in [5.74, 6) is -0.837. The smallest absolute Gasteiger partial charge is 0.322 e. The molecule has 0 aliphatic carbocycles. The Morgan fingerprint density at radius 2 is 1.71 bits per heavy atom. The molecule has 1 fully saturated rings. The summed E-state index contributed by atoms with van der Waals surface area (Å²) in [7, 11) is 0. The van der Waals surface area contributed by atoms with Gasteiger partial charge in [0.15, 0.2) is 5.82 Å². The third-order valence-electron chi connectivity index (χ3n) is 6.02. The van der Waals surface area contributed by atoms with Crippen LogP contribution in [0.25, 0.3) is 16.6 Å². The summed E-state index contributed by atoms with van der Waals surface area (Å²) in [6.45, 7) is 5.78. The molecule has 1 saturated heterocycles. The first-order valence-corrected chi connectivity index (χ1v) is 11.0. The topological polar surface area (TPSA) is 79.2 Å². The molecule has 0 saturated carbocycles. The van der Waals surface area contributed by atoms with Crippen molar-refractivity contribution in [2.45, 2.75) is 13.8 Å². The first kappa shape index (κ1) is 21.7. The number of carbonyl (C=O) groups is 1. The van der Waals surface area contributed by atoms with Crippen LogP contribution in [0.1, 0.15) is 11.4 Å². The molecule has 1 aliphatic rings. The highest BCUT2D eigenvalue weighted by Gasteiger charge is 2.26. The fourth-order valence-corrected chi connectivity index (χ4v) is 4.25. The van der Waals surface area contributed by atoms with Gasteiger partial charge in [0.2, 0.25) is 0 Å². The summed E-state index contributed by atoms with van der Waals surface area (Å²) in [5, 5.41) is 17.1. The standard InChI is InChI=1S/C24H23F2N7O/c1-15-21-16(2)33(18-6-4-3-5-7-18)30-22(21)23(29-28-15)31-10-12-32(13-11-31)24(34)27-20-9-8-17(25)14-19(20)26/h3-9,14H,10-13H2,1-2H3,(H,27,34). The molecule has 1 N–H and O–H groups in total. The number of hydrogen-bond donors (Lipinski definition) is 1. The Kier molecular flexibility index (Phi) is 5.56. The predicted molar refractivity (Wildman–Crippen MR) is 125 cm³/mol. The molecule has 5 rings (SSSR count). The number of benzene rings is 2. The lowest BCUT2D eigenvalue weighted by Gasteiger charge is -2.35. The SMILES string of the molecule is Cc1nnc(N2CCN(C(=O)Nc3ccc(F)cc3F)CC2)c2nn(-c3ccccc3)c(C)c12. The normalized spacial score (nSPS) is 14.0. The summed E-state index contributed by atoms with van der Waals surface area (Å²) in [6.07, 6.45) is 0. The summed E-state index contributed by atoms with van der Waals surface area (Å²) >= 11 is 0. The number of nitrogens with zero attached hydrogens (tertiary/aromatic N) is 6. The molecule has 8 nitrogen and oxygen atoms in total. The maximum atomic E-state index is 13.9. The number of para-hydroxylation sites is 1. The van der Waals surface area contributed by atoms with Crippen LogP contribution in [0.3, 0.4) is 0 Å². The number of nitrogens with one attached hydrogen (secondary N) is 1. The first-order chi connectivity index (χ1) is 16.4. The molecule has 1 aliphatic heterocycles. The van der Waals surface area contributed by atoms with Crippen LogP contribution in [0.4, 0.5) is 25.1 Å². The van der Waals surface area contributed by atoms with Crippen LogP contribution in [0.2, 0.25) is 0 Å². The number of rotatable bonds is 3. The Labute approximate surface area is 194 Å². The van der Waals surface area contributed by atoms with Gasteiger partial charge in [0.1, 0.15) is 17.2 Å². The van der Waals surface area contributed by atoms with Crippen molar-refractivity contribution in [3.63, 3.8) is 0 Å². The minimum Gasteiger partial charge on any atom is -0.350 e. The Bertz CT molecular complexity index is 1370. The first-order valence-electron chi connectivity index (χ1n) is 11.0. The Morgan fingerprint density at radius 1 is 0.971 bits per heavy atom. The number of aryl methyl sites for hydroxylation is 2. The van der Waals surface area contributed by atoms with E-state index >= 15 is 0 Å². The predicted octanol–water partition coefficient (Wildman–Crippen LogP) is 4.06. The van der Waals surface area contributed by atoms with Crippen LogP contribution >= 0.6 is 0 Å². The molecule has 0 radical (unpaired) electrons. The lowest BCUT2D eigenvalue weighted by Crippen LogP contribution is -2.50. The molecule has 2 aromatic carbocycles. The van der Waals surface area contributed by atoms with E-state index in [0.29, 0.717) is 32.0 Å². The number of halogens is 2. The van der Waals surface area contributed by atoms with E-state index < -0.39 is 17.7 Å². The van der Waals surface area contributed by atoms with E-state index in [2.05, 4.69) is 20.4 Å². The Balaban J connectivity index is 1.36. The molecule has 3 heterocycles. The van der Waals surface area contributed by atoms with E-state index in [4.69, 9.17) is 5.10 Å². The van der Waals surface area contributed by atoms with Crippen LogP contribution in [-0.4, -0.2) is 57.1 Å². The van der Waals surface area contributed by atoms with Gasteiger partial charge < -0.3 is 15.1 Å². The molecule has 0 bridgehead atoms. The second-order valence-electron chi connectivity index (χ2n) is 8.19. The summed E-state index contributed by atoms with van der Waals surface area (Å²) in [6, 6.07) is 12.5. The largest absolute Gasteiger partial charge is 0.350 e. The van der Waals surface area contributed by atoms with Gasteiger partial charge in [-0.25, -0.2) is 18.3 Å². The number of carbonyl (C=O) groups excluding carboxylic acids is 1. The zero-order valence-corrected chi connectivity index (χ0v) is 18.8. The molecule has 10 heteroatoms.